The molecule has 0 bridgehead atoms. The van der Waals surface area contributed by atoms with Gasteiger partial charge in [-0.1, -0.05) is 119 Å². The predicted molar refractivity (Wildman–Crippen MR) is 211 cm³/mol. The van der Waals surface area contributed by atoms with Crippen LogP contribution in [0.2, 0.25) is 0 Å². The smallest absolute Gasteiger partial charge is 0.307 e. The number of unbranched alkanes of at least 4 members (excludes halogenated alkanes) is 8. The summed E-state index contributed by atoms with van der Waals surface area (Å²) in [5.74, 6) is 1.14. The number of hydrogen-bond acceptors (Lipinski definition) is 7. The molecule has 0 aromatic heterocycles. The van der Waals surface area contributed by atoms with Crippen LogP contribution in [0.3, 0.4) is 0 Å². The van der Waals surface area contributed by atoms with Gasteiger partial charge in [0.25, 0.3) is 0 Å². The van der Waals surface area contributed by atoms with Crippen LogP contribution in [0.15, 0.2) is 0 Å². The van der Waals surface area contributed by atoms with E-state index < -0.39 is 23.8 Å². The van der Waals surface area contributed by atoms with Crippen molar-refractivity contribution in [3.8, 4) is 0 Å². The van der Waals surface area contributed by atoms with E-state index in [1.165, 1.54) is 103 Å². The fourth-order valence-electron chi connectivity index (χ4n) is 6.06. The van der Waals surface area contributed by atoms with E-state index in [0.717, 1.165) is 24.3 Å². The number of hydrogen-bond donors (Lipinski definition) is 2. The van der Waals surface area contributed by atoms with E-state index in [-0.39, 0.29) is 10.5 Å². The number of carbonyl (C=O) groups is 2. The standard InChI is InChI=1S/C40H78O7S2/c1-7-11-15-17-21-35(19-13-9-3)31-48-37(33(5)39(41)42)23-25-45-27-29-47-30-28-46-26-24-38(34(6)40(43)44)49-32-36(20-14-10-4)22-18-16-12-8-2/h33-38H,7-32H2,1-6H3,(H,41,42)(H,43,44). The van der Waals surface area contributed by atoms with Crippen molar-refractivity contribution in [2.45, 2.75) is 168 Å². The molecule has 6 atom stereocenters. The molecule has 6 unspecified atom stereocenters. The zero-order valence-electron chi connectivity index (χ0n) is 32.6. The van der Waals surface area contributed by atoms with Gasteiger partial charge in [0.05, 0.1) is 38.3 Å². The molecule has 0 amide bonds. The van der Waals surface area contributed by atoms with Crippen LogP contribution in [-0.2, 0) is 23.8 Å². The van der Waals surface area contributed by atoms with Crippen molar-refractivity contribution in [2.24, 2.45) is 23.7 Å². The molecule has 0 aliphatic heterocycles. The Balaban J connectivity index is 4.42. The van der Waals surface area contributed by atoms with Crippen LogP contribution >= 0.6 is 23.5 Å². The maximum Gasteiger partial charge on any atom is 0.307 e. The molecule has 0 aromatic rings. The number of ether oxygens (including phenoxy) is 3. The highest BCUT2D eigenvalue weighted by Crippen LogP contribution is 2.31. The second-order valence-electron chi connectivity index (χ2n) is 14.1. The summed E-state index contributed by atoms with van der Waals surface area (Å²) in [6.07, 6.45) is 21.6. The molecule has 7 nitrogen and oxygen atoms in total. The summed E-state index contributed by atoms with van der Waals surface area (Å²) in [6.45, 7) is 15.6. The van der Waals surface area contributed by atoms with Gasteiger partial charge >= 0.3 is 11.9 Å². The molecule has 0 fully saturated rings. The molecule has 292 valence electrons. The lowest BCUT2D eigenvalue weighted by Crippen LogP contribution is -2.26. The van der Waals surface area contributed by atoms with Gasteiger partial charge in [0.15, 0.2) is 0 Å². The normalized spacial score (nSPS) is 15.5. The Morgan fingerprint density at radius 3 is 1.12 bits per heavy atom. The number of aliphatic carboxylic acids is 2. The quantitative estimate of drug-likeness (QED) is 0.0600. The molecule has 0 rings (SSSR count). The Morgan fingerprint density at radius 2 is 0.796 bits per heavy atom. The zero-order valence-corrected chi connectivity index (χ0v) is 34.2. The van der Waals surface area contributed by atoms with Gasteiger partial charge in [-0.25, -0.2) is 0 Å². The molecule has 0 aromatic carbocycles. The Hall–Kier alpha value is -0.480. The summed E-state index contributed by atoms with van der Waals surface area (Å²) in [4.78, 5) is 23.6. The van der Waals surface area contributed by atoms with Crippen LogP contribution in [0.1, 0.15) is 157 Å². The fraction of sp³-hybridized carbons (Fsp3) is 0.950. The molecule has 0 spiro atoms. The van der Waals surface area contributed by atoms with E-state index in [2.05, 4.69) is 27.7 Å². The third-order valence-electron chi connectivity index (χ3n) is 9.69. The summed E-state index contributed by atoms with van der Waals surface area (Å²) in [5.41, 5.74) is 0. The van der Waals surface area contributed by atoms with Crippen LogP contribution < -0.4 is 0 Å². The van der Waals surface area contributed by atoms with Gasteiger partial charge in [-0.2, -0.15) is 23.5 Å². The van der Waals surface area contributed by atoms with Crippen molar-refractivity contribution in [2.75, 3.05) is 51.1 Å². The first kappa shape index (κ1) is 48.5. The molecule has 0 radical (unpaired) electrons. The van der Waals surface area contributed by atoms with Gasteiger partial charge in [-0.15, -0.1) is 0 Å². The first-order valence-electron chi connectivity index (χ1n) is 20.1. The van der Waals surface area contributed by atoms with Crippen LogP contribution in [0.4, 0.5) is 0 Å². The lowest BCUT2D eigenvalue weighted by Gasteiger charge is -2.24. The Morgan fingerprint density at radius 1 is 0.469 bits per heavy atom. The lowest BCUT2D eigenvalue weighted by atomic mass is 9.97. The minimum Gasteiger partial charge on any atom is -0.481 e. The largest absolute Gasteiger partial charge is 0.481 e. The monoisotopic (exact) mass is 735 g/mol. The van der Waals surface area contributed by atoms with E-state index >= 15 is 0 Å². The first-order chi connectivity index (χ1) is 23.7. The van der Waals surface area contributed by atoms with Crippen molar-refractivity contribution in [3.05, 3.63) is 0 Å². The van der Waals surface area contributed by atoms with Crippen LogP contribution in [0, 0.1) is 23.7 Å². The molecule has 49 heavy (non-hydrogen) atoms. The lowest BCUT2D eigenvalue weighted by molar-refractivity contribution is -0.142. The topological polar surface area (TPSA) is 102 Å². The van der Waals surface area contributed by atoms with Crippen LogP contribution in [-0.4, -0.2) is 83.8 Å². The highest BCUT2D eigenvalue weighted by Gasteiger charge is 2.26. The minimum atomic E-state index is -0.731. The molecule has 9 heteroatoms. The second-order valence-corrected chi connectivity index (χ2v) is 16.7. The van der Waals surface area contributed by atoms with Gasteiger partial charge in [-0.3, -0.25) is 9.59 Å². The van der Waals surface area contributed by atoms with Crippen molar-refractivity contribution in [1.29, 1.82) is 0 Å². The highest BCUT2D eigenvalue weighted by molar-refractivity contribution is 8.00. The van der Waals surface area contributed by atoms with Crippen LogP contribution in [0.25, 0.3) is 0 Å². The average Bonchev–Trinajstić information content (AvgIpc) is 3.09. The van der Waals surface area contributed by atoms with E-state index in [0.29, 0.717) is 51.5 Å². The van der Waals surface area contributed by atoms with Gasteiger partial charge < -0.3 is 24.4 Å². The third kappa shape index (κ3) is 27.8. The summed E-state index contributed by atoms with van der Waals surface area (Å²) in [7, 11) is 0. The van der Waals surface area contributed by atoms with E-state index in [9.17, 15) is 19.8 Å². The Labute approximate surface area is 310 Å². The fourth-order valence-corrected chi connectivity index (χ4v) is 9.10. The Bertz CT molecular complexity index is 696. The molecule has 0 aliphatic carbocycles. The van der Waals surface area contributed by atoms with Gasteiger partial charge in [-0.05, 0) is 61.9 Å². The van der Waals surface area contributed by atoms with Gasteiger partial charge in [0.2, 0.25) is 0 Å². The first-order valence-corrected chi connectivity index (χ1v) is 22.2. The maximum atomic E-state index is 11.8. The molecule has 2 N–H and O–H groups in total. The number of rotatable bonds is 38. The molecule has 0 saturated carbocycles. The van der Waals surface area contributed by atoms with E-state index in [1.54, 1.807) is 0 Å². The summed E-state index contributed by atoms with van der Waals surface area (Å²) >= 11 is 3.67. The highest BCUT2D eigenvalue weighted by atomic mass is 32.2. The average molecular weight is 735 g/mol. The van der Waals surface area contributed by atoms with Crippen molar-refractivity contribution < 1.29 is 34.0 Å². The number of carboxylic acids is 2. The van der Waals surface area contributed by atoms with Crippen molar-refractivity contribution in [3.63, 3.8) is 0 Å². The van der Waals surface area contributed by atoms with E-state index in [4.69, 9.17) is 14.2 Å². The summed E-state index contributed by atoms with van der Waals surface area (Å²) < 4.78 is 17.4. The zero-order chi connectivity index (χ0) is 36.5. The van der Waals surface area contributed by atoms with Crippen molar-refractivity contribution >= 4 is 35.5 Å². The second kappa shape index (κ2) is 34.6. The summed E-state index contributed by atoms with van der Waals surface area (Å²) in [5, 5.41) is 19.5. The molecular formula is C40H78O7S2. The van der Waals surface area contributed by atoms with E-state index in [1.807, 2.05) is 37.4 Å². The summed E-state index contributed by atoms with van der Waals surface area (Å²) in [6, 6.07) is 0. The molecule has 0 heterocycles. The Kier molecular flexibility index (Phi) is 34.3. The third-order valence-corrected chi connectivity index (χ3v) is 13.2. The minimum absolute atomic E-state index is 0.0467. The number of thioether (sulfide) groups is 2. The molecule has 0 saturated heterocycles. The maximum absolute atomic E-state index is 11.8. The molecular weight excluding hydrogens is 657 g/mol. The SMILES string of the molecule is CCCCCCC(CCCC)CSC(CCOCCOCCOCCC(SCC(CCCC)CCCCCC)C(C)C(=O)O)C(C)C(=O)O. The number of carboxylic acid groups (broad SMARTS) is 2. The van der Waals surface area contributed by atoms with Crippen molar-refractivity contribution in [1.82, 2.24) is 0 Å². The van der Waals surface area contributed by atoms with Gasteiger partial charge in [0.1, 0.15) is 0 Å². The predicted octanol–water partition coefficient (Wildman–Crippen LogP) is 11.0. The molecule has 0 aliphatic rings. The van der Waals surface area contributed by atoms with Crippen LogP contribution in [0.5, 0.6) is 0 Å². The van der Waals surface area contributed by atoms with Gasteiger partial charge in [0, 0.05) is 23.7 Å².